The van der Waals surface area contributed by atoms with Crippen molar-refractivity contribution in [3.05, 3.63) is 47.5 Å². The van der Waals surface area contributed by atoms with Crippen molar-refractivity contribution in [1.82, 2.24) is 4.98 Å². The second kappa shape index (κ2) is 7.04. The maximum atomic E-state index is 11.8. The molecule has 0 saturated carbocycles. The van der Waals surface area contributed by atoms with Crippen molar-refractivity contribution in [3.63, 3.8) is 0 Å². The van der Waals surface area contributed by atoms with E-state index in [0.717, 1.165) is 21.9 Å². The molecule has 1 heterocycles. The highest BCUT2D eigenvalue weighted by Gasteiger charge is 2.13. The summed E-state index contributed by atoms with van der Waals surface area (Å²) in [5.41, 5.74) is 2.07. The lowest BCUT2D eigenvalue weighted by atomic mass is 10.2. The number of carbonyl (C=O) groups is 1. The fourth-order valence-electron chi connectivity index (χ4n) is 1.62. The highest BCUT2D eigenvalue weighted by atomic mass is 32.1. The number of rotatable bonds is 6. The van der Waals surface area contributed by atoms with Crippen molar-refractivity contribution < 1.29 is 14.3 Å². The van der Waals surface area contributed by atoms with Gasteiger partial charge in [-0.15, -0.1) is 11.3 Å². The normalized spacial score (nSPS) is 10.2. The second-order valence-corrected chi connectivity index (χ2v) is 5.39. The number of ether oxygens (including phenoxy) is 2. The van der Waals surface area contributed by atoms with Gasteiger partial charge < -0.3 is 9.47 Å². The van der Waals surface area contributed by atoms with Crippen LogP contribution in [0.4, 0.5) is 0 Å². The molecule has 0 aliphatic heterocycles. The predicted molar refractivity (Wildman–Crippen MR) is 83.8 cm³/mol. The summed E-state index contributed by atoms with van der Waals surface area (Å²) < 4.78 is 10.5. The summed E-state index contributed by atoms with van der Waals surface area (Å²) in [7, 11) is 0. The Labute approximate surface area is 128 Å². The molecule has 0 bridgehead atoms. The molecule has 1 aromatic heterocycles. The van der Waals surface area contributed by atoms with Gasteiger partial charge in [-0.25, -0.2) is 9.78 Å². The van der Waals surface area contributed by atoms with Crippen molar-refractivity contribution in [3.8, 4) is 16.3 Å². The van der Waals surface area contributed by atoms with Gasteiger partial charge >= 0.3 is 5.97 Å². The topological polar surface area (TPSA) is 48.4 Å². The van der Waals surface area contributed by atoms with Crippen molar-refractivity contribution in [1.29, 1.82) is 0 Å². The first-order chi connectivity index (χ1) is 10.1. The molecule has 1 aromatic carbocycles. The molecule has 110 valence electrons. The average molecular weight is 303 g/mol. The summed E-state index contributed by atoms with van der Waals surface area (Å²) in [6, 6.07) is 7.62. The van der Waals surface area contributed by atoms with E-state index in [9.17, 15) is 4.79 Å². The van der Waals surface area contributed by atoms with Crippen molar-refractivity contribution in [2.45, 2.75) is 13.8 Å². The molecule has 5 heteroatoms. The van der Waals surface area contributed by atoms with Gasteiger partial charge in [-0.3, -0.25) is 0 Å². The summed E-state index contributed by atoms with van der Waals surface area (Å²) in [6.07, 6.45) is 0. The SMILES string of the molecule is C=C(C)COC(=O)c1csc(-c2ccc(OCC)cc2)n1. The lowest BCUT2D eigenvalue weighted by Gasteiger charge is -2.03. The Bertz CT molecular complexity index is 631. The van der Waals surface area contributed by atoms with Crippen LogP contribution in [0.15, 0.2) is 41.8 Å². The minimum atomic E-state index is -0.425. The van der Waals surface area contributed by atoms with Crippen LogP contribution in [0.1, 0.15) is 24.3 Å². The quantitative estimate of drug-likeness (QED) is 0.599. The van der Waals surface area contributed by atoms with Crippen LogP contribution in [0.5, 0.6) is 5.75 Å². The largest absolute Gasteiger partial charge is 0.494 e. The van der Waals surface area contributed by atoms with Gasteiger partial charge in [0, 0.05) is 10.9 Å². The minimum Gasteiger partial charge on any atom is -0.494 e. The molecule has 0 amide bonds. The van der Waals surface area contributed by atoms with Crippen LogP contribution in [0.3, 0.4) is 0 Å². The van der Waals surface area contributed by atoms with Gasteiger partial charge in [0.2, 0.25) is 0 Å². The molecule has 0 atom stereocenters. The maximum Gasteiger partial charge on any atom is 0.358 e. The van der Waals surface area contributed by atoms with Crippen molar-refractivity contribution in [2.75, 3.05) is 13.2 Å². The Kier molecular flexibility index (Phi) is 5.11. The summed E-state index contributed by atoms with van der Waals surface area (Å²) in [5.74, 6) is 0.394. The summed E-state index contributed by atoms with van der Waals surface area (Å²) >= 11 is 1.41. The number of benzene rings is 1. The van der Waals surface area contributed by atoms with E-state index < -0.39 is 5.97 Å². The van der Waals surface area contributed by atoms with Crippen LogP contribution in [-0.2, 0) is 4.74 Å². The Morgan fingerprint density at radius 3 is 2.67 bits per heavy atom. The summed E-state index contributed by atoms with van der Waals surface area (Å²) in [6.45, 7) is 8.29. The highest BCUT2D eigenvalue weighted by Crippen LogP contribution is 2.26. The predicted octanol–water partition coefficient (Wildman–Crippen LogP) is 3.94. The molecule has 4 nitrogen and oxygen atoms in total. The zero-order valence-corrected chi connectivity index (χ0v) is 12.9. The molecule has 0 unspecified atom stereocenters. The van der Waals surface area contributed by atoms with E-state index in [-0.39, 0.29) is 6.61 Å². The third-order valence-electron chi connectivity index (χ3n) is 2.58. The highest BCUT2D eigenvalue weighted by molar-refractivity contribution is 7.13. The third-order valence-corrected chi connectivity index (χ3v) is 3.47. The number of aromatic nitrogens is 1. The van der Waals surface area contributed by atoms with Crippen LogP contribution in [-0.4, -0.2) is 24.2 Å². The maximum absolute atomic E-state index is 11.8. The van der Waals surface area contributed by atoms with Gasteiger partial charge in [-0.1, -0.05) is 6.58 Å². The minimum absolute atomic E-state index is 0.217. The molecule has 0 radical (unpaired) electrons. The number of thiazole rings is 1. The Hall–Kier alpha value is -2.14. The Morgan fingerprint density at radius 1 is 1.33 bits per heavy atom. The lowest BCUT2D eigenvalue weighted by Crippen LogP contribution is -2.07. The number of esters is 1. The standard InChI is InChI=1S/C16H17NO3S/c1-4-19-13-7-5-12(6-8-13)15-17-14(10-21-15)16(18)20-9-11(2)3/h5-8,10H,2,4,9H2,1,3H3. The molecule has 0 fully saturated rings. The molecule has 2 rings (SSSR count). The van der Waals surface area contributed by atoms with Gasteiger partial charge in [0.15, 0.2) is 5.69 Å². The van der Waals surface area contributed by atoms with E-state index in [1.807, 2.05) is 31.2 Å². The van der Waals surface area contributed by atoms with Crippen molar-refractivity contribution >= 4 is 17.3 Å². The van der Waals surface area contributed by atoms with E-state index in [4.69, 9.17) is 9.47 Å². The molecule has 0 aliphatic carbocycles. The number of hydrogen-bond acceptors (Lipinski definition) is 5. The first-order valence-corrected chi connectivity index (χ1v) is 7.48. The van der Waals surface area contributed by atoms with Crippen LogP contribution in [0.2, 0.25) is 0 Å². The van der Waals surface area contributed by atoms with E-state index in [2.05, 4.69) is 11.6 Å². The van der Waals surface area contributed by atoms with Gasteiger partial charge in [0.05, 0.1) is 6.61 Å². The van der Waals surface area contributed by atoms with Gasteiger partial charge in [0.1, 0.15) is 17.4 Å². The number of nitrogens with zero attached hydrogens (tertiary/aromatic N) is 1. The smallest absolute Gasteiger partial charge is 0.358 e. The summed E-state index contributed by atoms with van der Waals surface area (Å²) in [4.78, 5) is 16.1. The van der Waals surface area contributed by atoms with Gasteiger partial charge in [-0.05, 0) is 43.7 Å². The first kappa shape index (κ1) is 15.3. The number of hydrogen-bond donors (Lipinski definition) is 0. The van der Waals surface area contributed by atoms with Gasteiger partial charge in [-0.2, -0.15) is 0 Å². The second-order valence-electron chi connectivity index (χ2n) is 4.53. The van der Waals surface area contributed by atoms with Crippen LogP contribution in [0.25, 0.3) is 10.6 Å². The molecule has 0 saturated heterocycles. The fraction of sp³-hybridized carbons (Fsp3) is 0.250. The monoisotopic (exact) mass is 303 g/mol. The summed E-state index contributed by atoms with van der Waals surface area (Å²) in [5, 5.41) is 2.48. The number of carbonyl (C=O) groups excluding carboxylic acids is 1. The zero-order valence-electron chi connectivity index (χ0n) is 12.1. The van der Waals surface area contributed by atoms with E-state index in [0.29, 0.717) is 12.3 Å². The van der Waals surface area contributed by atoms with Gasteiger partial charge in [0.25, 0.3) is 0 Å². The van der Waals surface area contributed by atoms with E-state index in [1.165, 1.54) is 11.3 Å². The van der Waals surface area contributed by atoms with Crippen LogP contribution >= 0.6 is 11.3 Å². The Balaban J connectivity index is 2.08. The molecule has 0 aliphatic rings. The average Bonchev–Trinajstić information content (AvgIpc) is 2.96. The molecule has 0 N–H and O–H groups in total. The lowest BCUT2D eigenvalue weighted by molar-refractivity contribution is 0.0534. The molecule has 21 heavy (non-hydrogen) atoms. The van der Waals surface area contributed by atoms with E-state index >= 15 is 0 Å². The molecule has 2 aromatic rings. The molecular weight excluding hydrogens is 286 g/mol. The third kappa shape index (κ3) is 4.16. The molecule has 0 spiro atoms. The zero-order chi connectivity index (χ0) is 15.2. The van der Waals surface area contributed by atoms with Crippen LogP contribution in [0, 0.1) is 0 Å². The van der Waals surface area contributed by atoms with Crippen LogP contribution < -0.4 is 4.74 Å². The van der Waals surface area contributed by atoms with E-state index in [1.54, 1.807) is 12.3 Å². The molecular formula is C16H17NO3S. The fourth-order valence-corrected chi connectivity index (χ4v) is 2.42. The first-order valence-electron chi connectivity index (χ1n) is 6.60. The Morgan fingerprint density at radius 2 is 2.05 bits per heavy atom. The van der Waals surface area contributed by atoms with Crippen molar-refractivity contribution in [2.24, 2.45) is 0 Å².